The van der Waals surface area contributed by atoms with Crippen LogP contribution in [0.25, 0.3) is 0 Å². The highest BCUT2D eigenvalue weighted by atomic mass is 16.2. The summed E-state index contributed by atoms with van der Waals surface area (Å²) in [6.07, 6.45) is 5.49. The highest BCUT2D eigenvalue weighted by Crippen LogP contribution is 2.26. The molecule has 0 N–H and O–H groups in total. The zero-order chi connectivity index (χ0) is 19.8. The number of hydrogen-bond donors (Lipinski definition) is 0. The van der Waals surface area contributed by atoms with Crippen LogP contribution in [0.15, 0.2) is 48.8 Å². The van der Waals surface area contributed by atoms with Crippen molar-refractivity contribution in [3.05, 3.63) is 82.4 Å². The van der Waals surface area contributed by atoms with Crippen LogP contribution in [0, 0.1) is 0 Å². The molecule has 2 aromatic heterocycles. The monoisotopic (exact) mass is 387 g/mol. The zero-order valence-electron chi connectivity index (χ0n) is 16.7. The topological polar surface area (TPSA) is 54.3 Å². The summed E-state index contributed by atoms with van der Waals surface area (Å²) in [6, 6.07) is 12.5. The first-order valence-electron chi connectivity index (χ1n) is 10.2. The maximum Gasteiger partial charge on any atom is 0.275 e. The number of carbonyl (C=O) groups is 1. The van der Waals surface area contributed by atoms with Gasteiger partial charge in [-0.15, -0.1) is 0 Å². The van der Waals surface area contributed by atoms with Gasteiger partial charge in [-0.1, -0.05) is 24.3 Å². The molecule has 0 atom stereocenters. The first-order chi connectivity index (χ1) is 14.2. The van der Waals surface area contributed by atoms with E-state index in [4.69, 9.17) is 0 Å². The number of carbonyl (C=O) groups excluding carboxylic acids is 1. The van der Waals surface area contributed by atoms with E-state index in [1.165, 1.54) is 22.4 Å². The Hall–Kier alpha value is -2.99. The van der Waals surface area contributed by atoms with Crippen molar-refractivity contribution < 1.29 is 4.79 Å². The van der Waals surface area contributed by atoms with E-state index < -0.39 is 0 Å². The smallest absolute Gasteiger partial charge is 0.275 e. The Morgan fingerprint density at radius 3 is 2.62 bits per heavy atom. The Labute approximate surface area is 170 Å². The van der Waals surface area contributed by atoms with Gasteiger partial charge in [-0.25, -0.2) is 0 Å². The third-order valence-electron chi connectivity index (χ3n) is 6.10. The molecule has 1 amide bonds. The minimum atomic E-state index is 0.0575. The van der Waals surface area contributed by atoms with Gasteiger partial charge in [0.25, 0.3) is 5.91 Å². The third-order valence-corrected chi connectivity index (χ3v) is 6.10. The fourth-order valence-corrected chi connectivity index (χ4v) is 4.52. The predicted molar refractivity (Wildman–Crippen MR) is 110 cm³/mol. The van der Waals surface area contributed by atoms with Crippen molar-refractivity contribution in [2.45, 2.75) is 32.5 Å². The van der Waals surface area contributed by atoms with Crippen molar-refractivity contribution in [1.82, 2.24) is 24.6 Å². The average molecular weight is 387 g/mol. The number of benzene rings is 1. The molecule has 5 rings (SSSR count). The fraction of sp³-hybridized carbons (Fsp3) is 0.348. The fourth-order valence-electron chi connectivity index (χ4n) is 4.52. The van der Waals surface area contributed by atoms with E-state index in [2.05, 4.69) is 45.3 Å². The highest BCUT2D eigenvalue weighted by molar-refractivity contribution is 5.94. The van der Waals surface area contributed by atoms with Crippen LogP contribution in [-0.2, 0) is 39.5 Å². The number of aryl methyl sites for hydroxylation is 1. The molecule has 0 bridgehead atoms. The Kier molecular flexibility index (Phi) is 4.64. The van der Waals surface area contributed by atoms with Crippen molar-refractivity contribution >= 4 is 5.91 Å². The lowest BCUT2D eigenvalue weighted by molar-refractivity contribution is 0.0725. The minimum Gasteiger partial charge on any atom is -0.333 e. The highest BCUT2D eigenvalue weighted by Gasteiger charge is 2.30. The second kappa shape index (κ2) is 7.44. The van der Waals surface area contributed by atoms with Gasteiger partial charge in [0.1, 0.15) is 0 Å². The van der Waals surface area contributed by atoms with Crippen molar-refractivity contribution in [2.24, 2.45) is 7.05 Å². The van der Waals surface area contributed by atoms with Crippen LogP contribution >= 0.6 is 0 Å². The molecule has 29 heavy (non-hydrogen) atoms. The van der Waals surface area contributed by atoms with Crippen LogP contribution in [-0.4, -0.2) is 43.6 Å². The standard InChI is InChI=1S/C23H25N5O/c1-26-21-9-12-27(14-17-6-10-24-11-7-17)16-20(21)22(25-26)23(29)28-13-8-18-4-2-3-5-19(18)15-28/h2-7,10-11H,8-9,12-16H2,1H3. The van der Waals surface area contributed by atoms with Crippen LogP contribution in [0.4, 0.5) is 0 Å². The summed E-state index contributed by atoms with van der Waals surface area (Å²) < 4.78 is 1.91. The van der Waals surface area contributed by atoms with Gasteiger partial charge in [0.05, 0.1) is 0 Å². The molecule has 6 heteroatoms. The second-order valence-electron chi connectivity index (χ2n) is 7.96. The molecule has 3 aromatic rings. The van der Waals surface area contributed by atoms with E-state index in [1.54, 1.807) is 0 Å². The number of pyridine rings is 1. The molecule has 0 unspecified atom stereocenters. The molecule has 2 aliphatic rings. The molecule has 0 radical (unpaired) electrons. The van der Waals surface area contributed by atoms with Crippen LogP contribution in [0.1, 0.15) is 38.4 Å². The summed E-state index contributed by atoms with van der Waals surface area (Å²) in [5.41, 5.74) is 6.75. The van der Waals surface area contributed by atoms with Gasteiger partial charge in [-0.05, 0) is 35.2 Å². The molecular formula is C23H25N5O. The van der Waals surface area contributed by atoms with Gasteiger partial charge >= 0.3 is 0 Å². The molecular weight excluding hydrogens is 362 g/mol. The Bertz CT molecular complexity index is 1040. The zero-order valence-corrected chi connectivity index (χ0v) is 16.7. The SMILES string of the molecule is Cn1nc(C(=O)N2CCc3ccccc3C2)c2c1CCN(Cc1ccncc1)C2. The van der Waals surface area contributed by atoms with Crippen LogP contribution in [0.5, 0.6) is 0 Å². The summed E-state index contributed by atoms with van der Waals surface area (Å²) in [6.45, 7) is 4.02. The average Bonchev–Trinajstić information content (AvgIpc) is 3.09. The summed E-state index contributed by atoms with van der Waals surface area (Å²) in [4.78, 5) is 21.8. The second-order valence-corrected chi connectivity index (χ2v) is 7.96. The number of nitrogens with zero attached hydrogens (tertiary/aromatic N) is 5. The van der Waals surface area contributed by atoms with Crippen molar-refractivity contribution in [2.75, 3.05) is 13.1 Å². The molecule has 148 valence electrons. The molecule has 0 saturated heterocycles. The van der Waals surface area contributed by atoms with E-state index in [-0.39, 0.29) is 5.91 Å². The van der Waals surface area contributed by atoms with Crippen molar-refractivity contribution in [1.29, 1.82) is 0 Å². The maximum atomic E-state index is 13.4. The van der Waals surface area contributed by atoms with Crippen LogP contribution < -0.4 is 0 Å². The summed E-state index contributed by atoms with van der Waals surface area (Å²) in [7, 11) is 1.96. The largest absolute Gasteiger partial charge is 0.333 e. The molecule has 0 spiro atoms. The summed E-state index contributed by atoms with van der Waals surface area (Å²) in [5, 5.41) is 4.65. The quantitative estimate of drug-likeness (QED) is 0.693. The Morgan fingerprint density at radius 2 is 1.79 bits per heavy atom. The van der Waals surface area contributed by atoms with Gasteiger partial charge in [0.15, 0.2) is 5.69 Å². The van der Waals surface area contributed by atoms with Gasteiger partial charge in [0.2, 0.25) is 0 Å². The third kappa shape index (κ3) is 3.44. The van der Waals surface area contributed by atoms with Crippen LogP contribution in [0.3, 0.4) is 0 Å². The molecule has 0 saturated carbocycles. The lowest BCUT2D eigenvalue weighted by atomic mass is 9.99. The molecule has 1 aromatic carbocycles. The number of aromatic nitrogens is 3. The maximum absolute atomic E-state index is 13.4. The van der Waals surface area contributed by atoms with E-state index in [9.17, 15) is 4.79 Å². The van der Waals surface area contributed by atoms with E-state index >= 15 is 0 Å². The Balaban J connectivity index is 1.38. The van der Waals surface area contributed by atoms with E-state index in [0.717, 1.165) is 44.6 Å². The summed E-state index contributed by atoms with van der Waals surface area (Å²) >= 11 is 0. The normalized spacial score (nSPS) is 16.4. The Morgan fingerprint density at radius 1 is 1.00 bits per heavy atom. The summed E-state index contributed by atoms with van der Waals surface area (Å²) in [5.74, 6) is 0.0575. The first-order valence-corrected chi connectivity index (χ1v) is 10.2. The molecule has 4 heterocycles. The first kappa shape index (κ1) is 18.1. The van der Waals surface area contributed by atoms with Gasteiger partial charge in [0, 0.05) is 69.8 Å². The predicted octanol–water partition coefficient (Wildman–Crippen LogP) is 2.57. The van der Waals surface area contributed by atoms with E-state index in [1.807, 2.05) is 35.1 Å². The lowest BCUT2D eigenvalue weighted by Gasteiger charge is -2.30. The van der Waals surface area contributed by atoms with Crippen LogP contribution in [0.2, 0.25) is 0 Å². The van der Waals surface area contributed by atoms with Gasteiger partial charge in [-0.3, -0.25) is 19.4 Å². The van der Waals surface area contributed by atoms with Crippen molar-refractivity contribution in [3.8, 4) is 0 Å². The molecule has 2 aliphatic heterocycles. The molecule has 0 fully saturated rings. The number of fused-ring (bicyclic) bond motifs is 2. The van der Waals surface area contributed by atoms with Gasteiger partial charge < -0.3 is 4.90 Å². The minimum absolute atomic E-state index is 0.0575. The molecule has 0 aliphatic carbocycles. The van der Waals surface area contributed by atoms with Gasteiger partial charge in [-0.2, -0.15) is 5.10 Å². The lowest BCUT2D eigenvalue weighted by Crippen LogP contribution is -2.37. The van der Waals surface area contributed by atoms with Crippen molar-refractivity contribution in [3.63, 3.8) is 0 Å². The molecule has 6 nitrogen and oxygen atoms in total. The van der Waals surface area contributed by atoms with E-state index in [0.29, 0.717) is 12.2 Å². The number of rotatable bonds is 3. The number of hydrogen-bond acceptors (Lipinski definition) is 4. The number of amides is 1.